The Bertz CT molecular complexity index is 1110. The van der Waals surface area contributed by atoms with Crippen molar-refractivity contribution >= 4 is 28.6 Å². The number of fused-ring (bicyclic) bond motifs is 1. The summed E-state index contributed by atoms with van der Waals surface area (Å²) in [6, 6.07) is 1.41. The molecular weight excluding hydrogens is 421 g/mol. The van der Waals surface area contributed by atoms with Gasteiger partial charge in [-0.3, -0.25) is 4.79 Å². The molecule has 0 bridgehead atoms. The van der Waals surface area contributed by atoms with Gasteiger partial charge in [0.2, 0.25) is 0 Å². The standard InChI is InChI=1S/C19H19F3N4O5/c1-4-11-12(25-17(27)13-7-29-9-23-13)6-10-15(31-8-19(20,21)22)14(18(28)30-5-2)26(3)16(10)24-11/h6-7,9H,4-5,8H2,1-3H3,(H,25,27). The van der Waals surface area contributed by atoms with E-state index in [4.69, 9.17) is 13.9 Å². The Hall–Kier alpha value is -3.57. The lowest BCUT2D eigenvalue weighted by Crippen LogP contribution is -2.20. The fourth-order valence-corrected chi connectivity index (χ4v) is 2.97. The average molecular weight is 440 g/mol. The highest BCUT2D eigenvalue weighted by molar-refractivity contribution is 6.06. The van der Waals surface area contributed by atoms with Gasteiger partial charge in [0.1, 0.15) is 11.9 Å². The molecular formula is C19H19F3N4O5. The first kappa shape index (κ1) is 22.1. The number of aromatic nitrogens is 3. The maximum atomic E-state index is 12.8. The quantitative estimate of drug-likeness (QED) is 0.560. The van der Waals surface area contributed by atoms with E-state index in [1.165, 1.54) is 17.7 Å². The highest BCUT2D eigenvalue weighted by atomic mass is 19.4. The summed E-state index contributed by atoms with van der Waals surface area (Å²) in [5.41, 5.74) is 0.687. The molecule has 12 heteroatoms. The van der Waals surface area contributed by atoms with Crippen LogP contribution in [0.2, 0.25) is 0 Å². The summed E-state index contributed by atoms with van der Waals surface area (Å²) < 4.78 is 54.5. The van der Waals surface area contributed by atoms with Crippen LogP contribution in [0.5, 0.6) is 5.75 Å². The average Bonchev–Trinajstić information content (AvgIpc) is 3.32. The largest absolute Gasteiger partial charge is 0.481 e. The smallest absolute Gasteiger partial charge is 0.422 e. The molecule has 0 fully saturated rings. The number of aryl methyl sites for hydroxylation is 2. The van der Waals surface area contributed by atoms with Crippen LogP contribution in [0.4, 0.5) is 18.9 Å². The van der Waals surface area contributed by atoms with E-state index in [0.717, 1.165) is 12.7 Å². The Morgan fingerprint density at radius 2 is 2.03 bits per heavy atom. The number of hydrogen-bond acceptors (Lipinski definition) is 7. The molecule has 0 atom stereocenters. The van der Waals surface area contributed by atoms with Gasteiger partial charge in [0.15, 0.2) is 30.1 Å². The summed E-state index contributed by atoms with van der Waals surface area (Å²) in [5, 5.41) is 2.72. The number of rotatable bonds is 7. The molecule has 1 amide bonds. The minimum absolute atomic E-state index is 0.0102. The second-order valence-electron chi connectivity index (χ2n) is 6.40. The van der Waals surface area contributed by atoms with E-state index < -0.39 is 24.7 Å². The zero-order valence-corrected chi connectivity index (χ0v) is 16.9. The number of alkyl halides is 3. The molecule has 3 aromatic rings. The van der Waals surface area contributed by atoms with Crippen LogP contribution < -0.4 is 10.1 Å². The number of ether oxygens (including phenoxy) is 2. The molecule has 1 N–H and O–H groups in total. The lowest BCUT2D eigenvalue weighted by molar-refractivity contribution is -0.153. The van der Waals surface area contributed by atoms with Gasteiger partial charge < -0.3 is 23.8 Å². The van der Waals surface area contributed by atoms with E-state index in [1.54, 1.807) is 13.8 Å². The summed E-state index contributed by atoms with van der Waals surface area (Å²) in [7, 11) is 1.47. The van der Waals surface area contributed by atoms with Crippen LogP contribution in [0.25, 0.3) is 11.0 Å². The zero-order chi connectivity index (χ0) is 22.8. The molecule has 0 saturated carbocycles. The van der Waals surface area contributed by atoms with Gasteiger partial charge in [0.25, 0.3) is 5.91 Å². The topological polar surface area (TPSA) is 108 Å². The third-order valence-electron chi connectivity index (χ3n) is 4.29. The zero-order valence-electron chi connectivity index (χ0n) is 16.9. The lowest BCUT2D eigenvalue weighted by atomic mass is 10.2. The lowest BCUT2D eigenvalue weighted by Gasteiger charge is -2.11. The predicted molar refractivity (Wildman–Crippen MR) is 102 cm³/mol. The van der Waals surface area contributed by atoms with Gasteiger partial charge in [-0.1, -0.05) is 6.92 Å². The first-order chi connectivity index (χ1) is 14.7. The number of nitrogens with zero attached hydrogens (tertiary/aromatic N) is 3. The van der Waals surface area contributed by atoms with Crippen molar-refractivity contribution in [2.24, 2.45) is 7.05 Å². The van der Waals surface area contributed by atoms with Crippen molar-refractivity contribution in [1.29, 1.82) is 0 Å². The highest BCUT2D eigenvalue weighted by Gasteiger charge is 2.32. The number of pyridine rings is 1. The van der Waals surface area contributed by atoms with Gasteiger partial charge in [-0.15, -0.1) is 0 Å². The third kappa shape index (κ3) is 4.62. The molecule has 0 spiro atoms. The maximum absolute atomic E-state index is 12.8. The Kier molecular flexibility index (Phi) is 6.18. The van der Waals surface area contributed by atoms with Crippen LogP contribution in [0, 0.1) is 0 Å². The van der Waals surface area contributed by atoms with Gasteiger partial charge >= 0.3 is 12.1 Å². The van der Waals surface area contributed by atoms with E-state index in [9.17, 15) is 22.8 Å². The summed E-state index contributed by atoms with van der Waals surface area (Å²) in [6.45, 7) is 1.76. The molecule has 0 aromatic carbocycles. The van der Waals surface area contributed by atoms with Gasteiger partial charge in [-0.25, -0.2) is 14.8 Å². The summed E-state index contributed by atoms with van der Waals surface area (Å²) in [4.78, 5) is 33.0. The van der Waals surface area contributed by atoms with Crippen LogP contribution >= 0.6 is 0 Å². The summed E-state index contributed by atoms with van der Waals surface area (Å²) in [5.74, 6) is -1.78. The van der Waals surface area contributed by atoms with Crippen molar-refractivity contribution in [1.82, 2.24) is 14.5 Å². The molecule has 9 nitrogen and oxygen atoms in total. The number of carbonyl (C=O) groups excluding carboxylic acids is 2. The molecule has 3 rings (SSSR count). The maximum Gasteiger partial charge on any atom is 0.422 e. The van der Waals surface area contributed by atoms with E-state index in [1.807, 2.05) is 0 Å². The fourth-order valence-electron chi connectivity index (χ4n) is 2.97. The minimum Gasteiger partial charge on any atom is -0.481 e. The molecule has 31 heavy (non-hydrogen) atoms. The van der Waals surface area contributed by atoms with Crippen molar-refractivity contribution in [2.75, 3.05) is 18.5 Å². The van der Waals surface area contributed by atoms with Crippen molar-refractivity contribution in [3.63, 3.8) is 0 Å². The summed E-state index contributed by atoms with van der Waals surface area (Å²) >= 11 is 0. The van der Waals surface area contributed by atoms with Crippen LogP contribution in [0.1, 0.15) is 40.5 Å². The second-order valence-corrected chi connectivity index (χ2v) is 6.40. The molecule has 0 unspecified atom stereocenters. The molecule has 3 aromatic heterocycles. The number of esters is 1. The van der Waals surface area contributed by atoms with Gasteiger partial charge in [0, 0.05) is 7.05 Å². The van der Waals surface area contributed by atoms with Crippen LogP contribution in [-0.2, 0) is 18.2 Å². The van der Waals surface area contributed by atoms with Crippen molar-refractivity contribution < 1.29 is 36.7 Å². The first-order valence-electron chi connectivity index (χ1n) is 9.24. The van der Waals surface area contributed by atoms with Crippen LogP contribution in [0.3, 0.4) is 0 Å². The number of nitrogens with one attached hydrogen (secondary N) is 1. The first-order valence-corrected chi connectivity index (χ1v) is 9.24. The monoisotopic (exact) mass is 440 g/mol. The van der Waals surface area contributed by atoms with E-state index >= 15 is 0 Å². The fraction of sp³-hybridized carbons (Fsp3) is 0.368. The van der Waals surface area contributed by atoms with Crippen LogP contribution in [0.15, 0.2) is 23.1 Å². The molecule has 0 aliphatic heterocycles. The number of oxazole rings is 1. The van der Waals surface area contributed by atoms with E-state index in [2.05, 4.69) is 15.3 Å². The number of hydrogen-bond donors (Lipinski definition) is 1. The number of carbonyl (C=O) groups is 2. The number of anilines is 1. The Morgan fingerprint density at radius 1 is 1.29 bits per heavy atom. The molecule has 0 aliphatic rings. The SMILES string of the molecule is CCOC(=O)c1c(OCC(F)(F)F)c2cc(NC(=O)c3cocn3)c(CC)nc2n1C. The summed E-state index contributed by atoms with van der Waals surface area (Å²) in [6.07, 6.45) is -2.01. The molecule has 0 saturated heterocycles. The molecule has 3 heterocycles. The Labute approximate surface area is 174 Å². The minimum atomic E-state index is -4.63. The predicted octanol–water partition coefficient (Wildman–Crippen LogP) is 3.49. The second kappa shape index (κ2) is 8.66. The Morgan fingerprint density at radius 3 is 2.61 bits per heavy atom. The molecule has 0 aliphatic carbocycles. The Balaban J connectivity index is 2.14. The van der Waals surface area contributed by atoms with Crippen molar-refractivity contribution in [3.8, 4) is 5.75 Å². The third-order valence-corrected chi connectivity index (χ3v) is 4.29. The van der Waals surface area contributed by atoms with Crippen molar-refractivity contribution in [2.45, 2.75) is 26.4 Å². The highest BCUT2D eigenvalue weighted by Crippen LogP contribution is 2.36. The molecule has 166 valence electrons. The van der Waals surface area contributed by atoms with Crippen LogP contribution in [-0.4, -0.2) is 45.8 Å². The van der Waals surface area contributed by atoms with E-state index in [-0.39, 0.29) is 40.5 Å². The number of halogens is 3. The van der Waals surface area contributed by atoms with Gasteiger partial charge in [-0.2, -0.15) is 13.2 Å². The van der Waals surface area contributed by atoms with Gasteiger partial charge in [0.05, 0.1) is 23.4 Å². The van der Waals surface area contributed by atoms with Gasteiger partial charge in [-0.05, 0) is 19.4 Å². The number of amides is 1. The molecule has 0 radical (unpaired) electrons. The van der Waals surface area contributed by atoms with Crippen molar-refractivity contribution in [3.05, 3.63) is 35.8 Å². The van der Waals surface area contributed by atoms with E-state index in [0.29, 0.717) is 12.1 Å². The normalized spacial score (nSPS) is 11.5.